The lowest BCUT2D eigenvalue weighted by atomic mass is 10.3. The lowest BCUT2D eigenvalue weighted by Crippen LogP contribution is -3.11. The van der Waals surface area contributed by atoms with Crippen molar-refractivity contribution in [3.05, 3.63) is 0 Å². The number of hydrogen-bond acceptors (Lipinski definition) is 0. The van der Waals surface area contributed by atoms with Crippen molar-refractivity contribution >= 4 is 0 Å². The lowest BCUT2D eigenvalue weighted by Gasteiger charge is -2.12. The normalized spacial score (nSPS) is 8.33. The van der Waals surface area contributed by atoms with Gasteiger partial charge in [0.1, 0.15) is 13.1 Å². The van der Waals surface area contributed by atoms with E-state index >= 15 is 0 Å². The lowest BCUT2D eigenvalue weighted by molar-refractivity contribution is -0.885. The largest absolute Gasteiger partial charge is 1.00 e. The van der Waals surface area contributed by atoms with Gasteiger partial charge in [0.25, 0.3) is 0 Å². The van der Waals surface area contributed by atoms with E-state index in [4.69, 9.17) is 12.8 Å². The fourth-order valence-electron chi connectivity index (χ4n) is 0.955. The monoisotopic (exact) mass is 229 g/mol. The molecule has 0 spiro atoms. The zero-order chi connectivity index (χ0) is 8.53. The maximum atomic E-state index is 5.19. The van der Waals surface area contributed by atoms with Crippen LogP contribution in [0.15, 0.2) is 0 Å². The number of unbranched alkanes of at least 4 members (excludes halogenated alkanes) is 1. The van der Waals surface area contributed by atoms with E-state index in [9.17, 15) is 0 Å². The number of nitrogens with one attached hydrogen (secondary N) is 1. The highest BCUT2D eigenvalue weighted by Crippen LogP contribution is 1.78. The molecular formula is C10H16BrN. The highest BCUT2D eigenvalue weighted by molar-refractivity contribution is 4.86. The molecule has 0 atom stereocenters. The van der Waals surface area contributed by atoms with Crippen LogP contribution in [0, 0.1) is 24.7 Å². The van der Waals surface area contributed by atoms with Crippen molar-refractivity contribution < 1.29 is 21.9 Å². The molecule has 0 heterocycles. The second kappa shape index (κ2) is 10.6. The predicted molar refractivity (Wildman–Crippen MR) is 48.1 cm³/mol. The van der Waals surface area contributed by atoms with E-state index in [-0.39, 0.29) is 17.0 Å². The van der Waals surface area contributed by atoms with Crippen LogP contribution >= 0.6 is 0 Å². The van der Waals surface area contributed by atoms with Crippen molar-refractivity contribution in [1.82, 2.24) is 0 Å². The summed E-state index contributed by atoms with van der Waals surface area (Å²) in [5, 5.41) is 0. The van der Waals surface area contributed by atoms with Crippen molar-refractivity contribution in [2.45, 2.75) is 19.8 Å². The van der Waals surface area contributed by atoms with Gasteiger partial charge in [-0.2, -0.15) is 0 Å². The van der Waals surface area contributed by atoms with Crippen molar-refractivity contribution in [1.29, 1.82) is 0 Å². The zero-order valence-corrected chi connectivity index (χ0v) is 9.15. The Labute approximate surface area is 86.3 Å². The first-order chi connectivity index (χ1) is 5.35. The van der Waals surface area contributed by atoms with E-state index in [0.717, 1.165) is 19.6 Å². The minimum absolute atomic E-state index is 0. The van der Waals surface area contributed by atoms with Crippen LogP contribution in [0.2, 0.25) is 0 Å². The first-order valence-corrected chi connectivity index (χ1v) is 4.05. The van der Waals surface area contributed by atoms with Crippen LogP contribution in [0.5, 0.6) is 0 Å². The third-order valence-corrected chi connectivity index (χ3v) is 1.59. The van der Waals surface area contributed by atoms with Crippen molar-refractivity contribution in [2.24, 2.45) is 0 Å². The maximum absolute atomic E-state index is 5.19. The van der Waals surface area contributed by atoms with Crippen LogP contribution in [0.3, 0.4) is 0 Å². The molecule has 0 bridgehead atoms. The maximum Gasteiger partial charge on any atom is 0.139 e. The second-order valence-corrected chi connectivity index (χ2v) is 2.62. The van der Waals surface area contributed by atoms with Crippen LogP contribution in [0.1, 0.15) is 19.8 Å². The average molecular weight is 230 g/mol. The fraction of sp³-hybridized carbons (Fsp3) is 0.600. The standard InChI is InChI=1S/C10H15N.BrH/c1-4-7-10-11(8-5-2)9-6-3;/h2-3H,4,7-10H2,1H3;1H. The van der Waals surface area contributed by atoms with Crippen molar-refractivity contribution in [3.63, 3.8) is 0 Å². The second-order valence-electron chi connectivity index (χ2n) is 2.62. The van der Waals surface area contributed by atoms with Gasteiger partial charge in [0.15, 0.2) is 0 Å². The predicted octanol–water partition coefficient (Wildman–Crippen LogP) is -3.06. The van der Waals surface area contributed by atoms with Crippen LogP contribution < -0.4 is 21.9 Å². The molecule has 0 aliphatic rings. The Balaban J connectivity index is 0. The molecule has 0 radical (unpaired) electrons. The van der Waals surface area contributed by atoms with Crippen LogP contribution in [0.25, 0.3) is 0 Å². The molecule has 0 unspecified atom stereocenters. The zero-order valence-electron chi connectivity index (χ0n) is 7.57. The summed E-state index contributed by atoms with van der Waals surface area (Å²) in [7, 11) is 0. The van der Waals surface area contributed by atoms with Gasteiger partial charge in [-0.3, -0.25) is 0 Å². The van der Waals surface area contributed by atoms with Gasteiger partial charge < -0.3 is 21.9 Å². The van der Waals surface area contributed by atoms with Crippen LogP contribution in [0.4, 0.5) is 0 Å². The van der Waals surface area contributed by atoms with Gasteiger partial charge >= 0.3 is 0 Å². The van der Waals surface area contributed by atoms with E-state index in [2.05, 4.69) is 18.8 Å². The Morgan fingerprint density at radius 1 is 1.17 bits per heavy atom. The molecule has 0 fully saturated rings. The van der Waals surface area contributed by atoms with Gasteiger partial charge in [-0.05, 0) is 18.3 Å². The molecule has 1 N–H and O–H groups in total. The number of terminal acetylenes is 2. The van der Waals surface area contributed by atoms with Gasteiger partial charge in [0.05, 0.1) is 6.54 Å². The van der Waals surface area contributed by atoms with E-state index in [1.165, 1.54) is 17.7 Å². The summed E-state index contributed by atoms with van der Waals surface area (Å²) < 4.78 is 0. The topological polar surface area (TPSA) is 4.44 Å². The summed E-state index contributed by atoms with van der Waals surface area (Å²) in [5.41, 5.74) is 0. The van der Waals surface area contributed by atoms with Gasteiger partial charge in [0.2, 0.25) is 0 Å². The molecular weight excluding hydrogens is 214 g/mol. The molecule has 0 amide bonds. The summed E-state index contributed by atoms with van der Waals surface area (Å²) in [6, 6.07) is 0. The third-order valence-electron chi connectivity index (χ3n) is 1.59. The molecule has 0 aliphatic carbocycles. The molecule has 0 aliphatic heterocycles. The van der Waals surface area contributed by atoms with E-state index in [0.29, 0.717) is 0 Å². The van der Waals surface area contributed by atoms with Gasteiger partial charge in [0, 0.05) is 0 Å². The Bertz CT molecular complexity index is 148. The van der Waals surface area contributed by atoms with E-state index in [1.807, 2.05) is 0 Å². The first kappa shape index (κ1) is 14.1. The Morgan fingerprint density at radius 3 is 2.00 bits per heavy atom. The SMILES string of the molecule is C#CC[NH+](CC#C)CCCC.[Br-]. The van der Waals surface area contributed by atoms with Gasteiger partial charge in [-0.15, -0.1) is 12.8 Å². The number of halogens is 1. The summed E-state index contributed by atoms with van der Waals surface area (Å²) in [6.07, 6.45) is 12.8. The molecule has 0 aromatic heterocycles. The Morgan fingerprint density at radius 2 is 1.67 bits per heavy atom. The highest BCUT2D eigenvalue weighted by atomic mass is 79.9. The highest BCUT2D eigenvalue weighted by Gasteiger charge is 2.01. The first-order valence-electron chi connectivity index (χ1n) is 4.05. The quantitative estimate of drug-likeness (QED) is 0.478. The van der Waals surface area contributed by atoms with Crippen molar-refractivity contribution in [3.8, 4) is 24.7 Å². The molecule has 0 saturated carbocycles. The fourth-order valence-corrected chi connectivity index (χ4v) is 0.955. The molecule has 0 rings (SSSR count). The molecule has 1 nitrogen and oxygen atoms in total. The van der Waals surface area contributed by atoms with Gasteiger partial charge in [-0.1, -0.05) is 13.3 Å². The summed E-state index contributed by atoms with van der Waals surface area (Å²) in [5.74, 6) is 5.26. The molecule has 12 heavy (non-hydrogen) atoms. The molecule has 0 aromatic rings. The molecule has 0 aromatic carbocycles. The summed E-state index contributed by atoms with van der Waals surface area (Å²) in [6.45, 7) is 4.78. The van der Waals surface area contributed by atoms with Gasteiger partial charge in [-0.25, -0.2) is 0 Å². The number of rotatable bonds is 5. The molecule has 68 valence electrons. The number of hydrogen-bond donors (Lipinski definition) is 1. The number of quaternary nitrogens is 1. The van der Waals surface area contributed by atoms with Crippen LogP contribution in [-0.2, 0) is 0 Å². The summed E-state index contributed by atoms with van der Waals surface area (Å²) in [4.78, 5) is 1.33. The minimum Gasteiger partial charge on any atom is -1.00 e. The van der Waals surface area contributed by atoms with Crippen LogP contribution in [-0.4, -0.2) is 19.6 Å². The smallest absolute Gasteiger partial charge is 0.139 e. The minimum atomic E-state index is 0. The average Bonchev–Trinajstić information content (AvgIpc) is 2.01. The molecule has 2 heteroatoms. The van der Waals surface area contributed by atoms with Crippen molar-refractivity contribution in [2.75, 3.05) is 19.6 Å². The van der Waals surface area contributed by atoms with E-state index < -0.39 is 0 Å². The Kier molecular flexibility index (Phi) is 12.4. The summed E-state index contributed by atoms with van der Waals surface area (Å²) >= 11 is 0. The van der Waals surface area contributed by atoms with E-state index in [1.54, 1.807) is 0 Å². The Hall–Kier alpha value is -0.440. The molecule has 0 saturated heterocycles. The third kappa shape index (κ3) is 7.66.